The number of benzene rings is 1. The molecule has 0 fully saturated rings. The van der Waals surface area contributed by atoms with Crippen molar-refractivity contribution in [3.63, 3.8) is 0 Å². The Morgan fingerprint density at radius 3 is 1.78 bits per heavy atom. The highest BCUT2D eigenvalue weighted by atomic mass is 16.1. The van der Waals surface area contributed by atoms with E-state index in [0.29, 0.717) is 0 Å². The van der Waals surface area contributed by atoms with Gasteiger partial charge in [0.15, 0.2) is 5.78 Å². The van der Waals surface area contributed by atoms with Crippen LogP contribution in [0.1, 0.15) is 128 Å². The van der Waals surface area contributed by atoms with Crippen molar-refractivity contribution in [3.05, 3.63) is 57.7 Å². The third kappa shape index (κ3) is 6.33. The third-order valence-corrected chi connectivity index (χ3v) is 7.48. The minimum atomic E-state index is 0.221. The van der Waals surface area contributed by atoms with Crippen LogP contribution in [0.15, 0.2) is 46.6 Å². The topological polar surface area (TPSA) is 17.1 Å². The fraction of sp³-hybridized carbons (Fsp3) is 0.581. The Hall–Kier alpha value is -1.89. The maximum Gasteiger partial charge on any atom is 0.189 e. The van der Waals surface area contributed by atoms with Crippen molar-refractivity contribution in [2.75, 3.05) is 0 Å². The summed E-state index contributed by atoms with van der Waals surface area (Å²) < 4.78 is 0. The van der Waals surface area contributed by atoms with Crippen LogP contribution in [0.3, 0.4) is 0 Å². The number of allylic oxidation sites excluding steroid dienone is 5. The van der Waals surface area contributed by atoms with Gasteiger partial charge in [0, 0.05) is 11.1 Å². The maximum atomic E-state index is 12.9. The van der Waals surface area contributed by atoms with Crippen molar-refractivity contribution >= 4 is 17.4 Å². The predicted molar refractivity (Wildman–Crippen MR) is 140 cm³/mol. The van der Waals surface area contributed by atoms with Crippen molar-refractivity contribution < 1.29 is 4.79 Å². The molecule has 0 saturated carbocycles. The second-order valence-corrected chi connectivity index (χ2v) is 9.92. The van der Waals surface area contributed by atoms with E-state index in [1.165, 1.54) is 118 Å². The van der Waals surface area contributed by atoms with Crippen molar-refractivity contribution in [3.8, 4) is 0 Å². The van der Waals surface area contributed by atoms with Gasteiger partial charge in [0.1, 0.15) is 0 Å². The van der Waals surface area contributed by atoms with Crippen LogP contribution in [0.5, 0.6) is 0 Å². The molecule has 1 nitrogen and oxygen atoms in total. The van der Waals surface area contributed by atoms with Crippen molar-refractivity contribution in [2.45, 2.75) is 117 Å². The molecule has 3 rings (SSSR count). The van der Waals surface area contributed by atoms with Crippen LogP contribution < -0.4 is 0 Å². The summed E-state index contributed by atoms with van der Waals surface area (Å²) in [5, 5.41) is 0. The normalized spacial score (nSPS) is 15.3. The second-order valence-electron chi connectivity index (χ2n) is 9.92. The predicted octanol–water partition coefficient (Wildman–Crippen LogP) is 9.63. The van der Waals surface area contributed by atoms with Crippen LogP contribution >= 0.6 is 0 Å². The summed E-state index contributed by atoms with van der Waals surface area (Å²) in [6.45, 7) is 6.44. The van der Waals surface area contributed by atoms with Crippen LogP contribution in [-0.4, -0.2) is 5.78 Å². The number of unbranched alkanes of at least 4 members (excludes halogenated alkanes) is 13. The lowest BCUT2D eigenvalue weighted by molar-refractivity contribution is -0.111. The number of fused-ring (bicyclic) bond motifs is 3. The highest BCUT2D eigenvalue weighted by molar-refractivity contribution is 6.26. The molecule has 1 aromatic carbocycles. The highest BCUT2D eigenvalue weighted by Crippen LogP contribution is 2.45. The van der Waals surface area contributed by atoms with Crippen LogP contribution in [0.2, 0.25) is 0 Å². The Balaban J connectivity index is 1.37. The van der Waals surface area contributed by atoms with E-state index < -0.39 is 0 Å². The first-order valence-electron chi connectivity index (χ1n) is 13.4. The van der Waals surface area contributed by atoms with Crippen molar-refractivity contribution in [1.82, 2.24) is 0 Å². The lowest BCUT2D eigenvalue weighted by Gasteiger charge is -2.23. The summed E-state index contributed by atoms with van der Waals surface area (Å²) in [4.78, 5) is 12.9. The molecule has 0 heterocycles. The van der Waals surface area contributed by atoms with Gasteiger partial charge in [0.2, 0.25) is 0 Å². The smallest absolute Gasteiger partial charge is 0.189 e. The van der Waals surface area contributed by atoms with E-state index >= 15 is 0 Å². The number of hydrogen-bond donors (Lipinski definition) is 0. The molecule has 0 N–H and O–H groups in total. The molecular formula is C31H44O. The van der Waals surface area contributed by atoms with E-state index in [-0.39, 0.29) is 5.78 Å². The second kappa shape index (κ2) is 13.0. The van der Waals surface area contributed by atoms with E-state index in [9.17, 15) is 4.79 Å². The number of rotatable bonds is 15. The van der Waals surface area contributed by atoms with Gasteiger partial charge < -0.3 is 0 Å². The fourth-order valence-corrected chi connectivity index (χ4v) is 5.32. The zero-order valence-corrected chi connectivity index (χ0v) is 20.9. The summed E-state index contributed by atoms with van der Waals surface area (Å²) in [6, 6.07) is 8.48. The van der Waals surface area contributed by atoms with Gasteiger partial charge in [-0.25, -0.2) is 0 Å². The molecule has 0 bridgehead atoms. The van der Waals surface area contributed by atoms with Gasteiger partial charge in [-0.1, -0.05) is 115 Å². The zero-order valence-electron chi connectivity index (χ0n) is 20.9. The van der Waals surface area contributed by atoms with E-state index in [1.54, 1.807) is 0 Å². The molecule has 1 aromatic rings. The monoisotopic (exact) mass is 432 g/mol. The first-order valence-corrected chi connectivity index (χ1v) is 13.4. The quantitative estimate of drug-likeness (QED) is 0.252. The molecule has 1 heteroatoms. The largest absolute Gasteiger partial charge is 0.289 e. The first-order chi connectivity index (χ1) is 15.6. The number of Topliss-reactive ketones (excluding diaryl/α,β-unsaturated/α-hetero) is 1. The van der Waals surface area contributed by atoms with E-state index in [0.717, 1.165) is 17.6 Å². The van der Waals surface area contributed by atoms with Crippen LogP contribution in [0, 0.1) is 0 Å². The molecule has 0 unspecified atom stereocenters. The molecule has 0 atom stereocenters. The summed E-state index contributed by atoms with van der Waals surface area (Å²) in [6.07, 6.45) is 22.6. The summed E-state index contributed by atoms with van der Waals surface area (Å²) in [5.41, 5.74) is 8.17. The lowest BCUT2D eigenvalue weighted by Crippen LogP contribution is -2.14. The number of hydrogen-bond acceptors (Lipinski definition) is 1. The minimum Gasteiger partial charge on any atom is -0.289 e. The molecule has 0 spiro atoms. The summed E-state index contributed by atoms with van der Waals surface area (Å²) in [5.74, 6) is 0.221. The van der Waals surface area contributed by atoms with Crippen molar-refractivity contribution in [2.24, 2.45) is 0 Å². The van der Waals surface area contributed by atoms with Gasteiger partial charge in [-0.05, 0) is 60.6 Å². The summed E-state index contributed by atoms with van der Waals surface area (Å²) >= 11 is 0. The molecule has 0 amide bonds. The third-order valence-electron chi connectivity index (χ3n) is 7.48. The first kappa shape index (κ1) is 24.7. The molecule has 174 valence electrons. The van der Waals surface area contributed by atoms with Crippen LogP contribution in [0.25, 0.3) is 11.6 Å². The number of carbonyl (C=O) groups excluding carboxylic acids is 1. The van der Waals surface area contributed by atoms with Gasteiger partial charge >= 0.3 is 0 Å². The van der Waals surface area contributed by atoms with E-state index in [1.807, 2.05) is 6.92 Å². The molecular weight excluding hydrogens is 388 g/mol. The summed E-state index contributed by atoms with van der Waals surface area (Å²) in [7, 11) is 0. The van der Waals surface area contributed by atoms with Gasteiger partial charge in [0.25, 0.3) is 0 Å². The number of ketones is 1. The molecule has 0 saturated heterocycles. The standard InChI is InChI=1S/C31H44O/c1-4-5-6-7-8-9-10-11-12-13-14-15-16-17-21-27-24(2)25(3)31(32)29-23-26-20-18-19-22-28(26)30(27)29/h18-20,22-23H,4-17,21H2,1-3H3. The number of carbonyl (C=O) groups is 1. The van der Waals surface area contributed by atoms with E-state index in [2.05, 4.69) is 44.2 Å². The average Bonchev–Trinajstić information content (AvgIpc) is 3.19. The van der Waals surface area contributed by atoms with Crippen molar-refractivity contribution in [1.29, 1.82) is 0 Å². The molecule has 0 aromatic heterocycles. The SMILES string of the molecule is CCCCCCCCCCCCCCCCC1=C2C(=Cc3ccccc32)C(=O)C(C)=C1C. The molecule has 2 aliphatic rings. The Kier molecular flexibility index (Phi) is 10.0. The lowest BCUT2D eigenvalue weighted by atomic mass is 9.80. The maximum absolute atomic E-state index is 12.9. The zero-order chi connectivity index (χ0) is 22.8. The Morgan fingerprint density at radius 1 is 0.656 bits per heavy atom. The highest BCUT2D eigenvalue weighted by Gasteiger charge is 2.32. The molecule has 32 heavy (non-hydrogen) atoms. The van der Waals surface area contributed by atoms with Crippen LogP contribution in [0.4, 0.5) is 0 Å². The van der Waals surface area contributed by atoms with E-state index in [4.69, 9.17) is 0 Å². The Morgan fingerprint density at radius 2 is 1.19 bits per heavy atom. The molecule has 0 radical (unpaired) electrons. The fourth-order valence-electron chi connectivity index (χ4n) is 5.32. The Labute approximate surface area is 197 Å². The molecule has 2 aliphatic carbocycles. The van der Waals surface area contributed by atoms with Gasteiger partial charge in [-0.3, -0.25) is 4.79 Å². The van der Waals surface area contributed by atoms with Gasteiger partial charge in [-0.2, -0.15) is 0 Å². The minimum absolute atomic E-state index is 0.221. The average molecular weight is 433 g/mol. The molecule has 0 aliphatic heterocycles. The Bertz CT molecular complexity index is 864. The van der Waals surface area contributed by atoms with Gasteiger partial charge in [-0.15, -0.1) is 0 Å². The van der Waals surface area contributed by atoms with Gasteiger partial charge in [0.05, 0.1) is 0 Å². The van der Waals surface area contributed by atoms with Crippen LogP contribution in [-0.2, 0) is 4.79 Å².